The number of thioether (sulfide) groups is 1. The highest BCUT2D eigenvalue weighted by atomic mass is 32.2. The lowest BCUT2D eigenvalue weighted by Crippen LogP contribution is -2.25. The SMILES string of the molecule is CC(c1ccccc1)(c1ccc(OCCS)c(-c2ccc3ccccc3c2)c1)c1ccc(SCCS)c(-c2ccc3ccccc3c2)c1. The molecule has 0 radical (unpaired) electrons. The molecule has 48 heavy (non-hydrogen) atoms. The first-order valence-corrected chi connectivity index (χ1v) is 18.6. The molecule has 7 rings (SSSR count). The second-order valence-electron chi connectivity index (χ2n) is 12.2. The van der Waals surface area contributed by atoms with Gasteiger partial charge in [0.2, 0.25) is 0 Å². The molecule has 0 bridgehead atoms. The number of hydrogen-bond donors (Lipinski definition) is 2. The van der Waals surface area contributed by atoms with Crippen LogP contribution in [0.1, 0.15) is 23.6 Å². The largest absolute Gasteiger partial charge is 0.492 e. The van der Waals surface area contributed by atoms with Crippen molar-refractivity contribution in [1.82, 2.24) is 0 Å². The molecule has 0 aliphatic rings. The maximum Gasteiger partial charge on any atom is 0.127 e. The summed E-state index contributed by atoms with van der Waals surface area (Å²) < 4.78 is 6.31. The van der Waals surface area contributed by atoms with Gasteiger partial charge >= 0.3 is 0 Å². The molecule has 0 saturated heterocycles. The van der Waals surface area contributed by atoms with Gasteiger partial charge in [-0.2, -0.15) is 25.3 Å². The molecule has 1 nitrogen and oxygen atoms in total. The lowest BCUT2D eigenvalue weighted by Gasteiger charge is -2.33. The van der Waals surface area contributed by atoms with Crippen LogP contribution in [0.5, 0.6) is 5.75 Å². The molecule has 1 atom stereocenters. The first kappa shape index (κ1) is 32.5. The molecule has 0 aromatic heterocycles. The summed E-state index contributed by atoms with van der Waals surface area (Å²) in [5.41, 5.74) is 7.91. The average molecular weight is 679 g/mol. The van der Waals surface area contributed by atoms with Crippen molar-refractivity contribution in [2.75, 3.05) is 23.9 Å². The quantitative estimate of drug-likeness (QED) is 0.0800. The molecule has 0 saturated carbocycles. The maximum atomic E-state index is 6.31. The Balaban J connectivity index is 1.43. The predicted molar refractivity (Wildman–Crippen MR) is 215 cm³/mol. The van der Waals surface area contributed by atoms with E-state index in [9.17, 15) is 0 Å². The zero-order valence-corrected chi connectivity index (χ0v) is 29.6. The average Bonchev–Trinajstić information content (AvgIpc) is 3.15. The van der Waals surface area contributed by atoms with Crippen molar-refractivity contribution >= 4 is 58.6 Å². The minimum atomic E-state index is -0.451. The highest BCUT2D eigenvalue weighted by molar-refractivity contribution is 8.00. The van der Waals surface area contributed by atoms with Gasteiger partial charge in [0.05, 0.1) is 6.61 Å². The van der Waals surface area contributed by atoms with E-state index in [-0.39, 0.29) is 0 Å². The van der Waals surface area contributed by atoms with Crippen molar-refractivity contribution in [3.05, 3.63) is 168 Å². The summed E-state index contributed by atoms with van der Waals surface area (Å²) in [6.45, 7) is 2.90. The Morgan fingerprint density at radius 2 is 1.08 bits per heavy atom. The van der Waals surface area contributed by atoms with E-state index < -0.39 is 5.41 Å². The molecule has 0 aliphatic carbocycles. The number of ether oxygens (including phenoxy) is 1. The van der Waals surface area contributed by atoms with Gasteiger partial charge in [0.1, 0.15) is 5.75 Å². The van der Waals surface area contributed by atoms with Crippen LogP contribution >= 0.6 is 37.0 Å². The third-order valence-corrected chi connectivity index (χ3v) is 11.1. The van der Waals surface area contributed by atoms with Gasteiger partial charge < -0.3 is 4.74 Å². The van der Waals surface area contributed by atoms with E-state index in [1.165, 1.54) is 54.3 Å². The zero-order valence-electron chi connectivity index (χ0n) is 27.0. The molecule has 0 fully saturated rings. The van der Waals surface area contributed by atoms with Gasteiger partial charge in [-0.3, -0.25) is 0 Å². The fourth-order valence-electron chi connectivity index (χ4n) is 6.68. The highest BCUT2D eigenvalue weighted by Crippen LogP contribution is 2.45. The first-order valence-electron chi connectivity index (χ1n) is 16.4. The standard InChI is InChI=1S/C44H38OS3/c1-44(37-13-3-2-4-14-37,38-19-21-42(45-23-24-46)40(29-38)35-17-15-31-9-5-7-11-33(31)27-35)39-20-22-43(48-26-25-47)41(30-39)36-18-16-32-10-6-8-12-34(32)28-36/h2-22,27-30,46-47H,23-26H2,1H3. The Hall–Kier alpha value is -4.09. The lowest BCUT2D eigenvalue weighted by molar-refractivity contribution is 0.345. The molecule has 0 amide bonds. The third-order valence-electron chi connectivity index (χ3n) is 9.28. The van der Waals surface area contributed by atoms with Crippen LogP contribution in [0.2, 0.25) is 0 Å². The van der Waals surface area contributed by atoms with Gasteiger partial charge in [-0.05, 0) is 104 Å². The summed E-state index contributed by atoms with van der Waals surface area (Å²) in [6, 6.07) is 55.2. The third kappa shape index (κ3) is 6.50. The molecular weight excluding hydrogens is 641 g/mol. The first-order chi connectivity index (χ1) is 23.6. The van der Waals surface area contributed by atoms with Gasteiger partial charge in [-0.15, -0.1) is 11.8 Å². The lowest BCUT2D eigenvalue weighted by atomic mass is 9.70. The van der Waals surface area contributed by atoms with Gasteiger partial charge in [0, 0.05) is 27.4 Å². The summed E-state index contributed by atoms with van der Waals surface area (Å²) in [6.07, 6.45) is 0. The highest BCUT2D eigenvalue weighted by Gasteiger charge is 2.33. The van der Waals surface area contributed by atoms with Crippen molar-refractivity contribution in [3.8, 4) is 28.0 Å². The fraction of sp³-hybridized carbons (Fsp3) is 0.136. The molecule has 0 heterocycles. The van der Waals surface area contributed by atoms with Crippen LogP contribution in [-0.4, -0.2) is 23.9 Å². The van der Waals surface area contributed by atoms with Crippen LogP contribution in [0.25, 0.3) is 43.8 Å². The number of hydrogen-bond acceptors (Lipinski definition) is 4. The molecule has 7 aromatic rings. The maximum absolute atomic E-state index is 6.31. The Bertz CT molecular complexity index is 2060. The van der Waals surface area contributed by atoms with Gasteiger partial charge in [-0.1, -0.05) is 115 Å². The van der Waals surface area contributed by atoms with Crippen LogP contribution < -0.4 is 4.74 Å². The summed E-state index contributed by atoms with van der Waals surface area (Å²) in [5.74, 6) is 3.29. The van der Waals surface area contributed by atoms with Crippen LogP contribution in [0, 0.1) is 0 Å². The smallest absolute Gasteiger partial charge is 0.127 e. The van der Waals surface area contributed by atoms with Crippen molar-refractivity contribution in [2.45, 2.75) is 17.2 Å². The second-order valence-corrected chi connectivity index (χ2v) is 14.2. The van der Waals surface area contributed by atoms with Gasteiger partial charge in [0.15, 0.2) is 0 Å². The summed E-state index contributed by atoms with van der Waals surface area (Å²) in [5, 5.41) is 4.92. The minimum Gasteiger partial charge on any atom is -0.492 e. The summed E-state index contributed by atoms with van der Waals surface area (Å²) >= 11 is 10.8. The van der Waals surface area contributed by atoms with Crippen LogP contribution in [-0.2, 0) is 5.41 Å². The molecule has 238 valence electrons. The van der Waals surface area contributed by atoms with E-state index in [4.69, 9.17) is 4.74 Å². The van der Waals surface area contributed by atoms with Crippen molar-refractivity contribution in [2.24, 2.45) is 0 Å². The Labute approximate surface area is 299 Å². The second kappa shape index (κ2) is 14.6. The van der Waals surface area contributed by atoms with E-state index in [0.717, 1.165) is 28.4 Å². The Morgan fingerprint density at radius 1 is 0.521 bits per heavy atom. The van der Waals surface area contributed by atoms with Crippen molar-refractivity contribution in [3.63, 3.8) is 0 Å². The van der Waals surface area contributed by atoms with E-state index in [0.29, 0.717) is 12.4 Å². The monoisotopic (exact) mass is 678 g/mol. The van der Waals surface area contributed by atoms with E-state index in [1.54, 1.807) is 0 Å². The molecular formula is C44H38OS3. The fourth-order valence-corrected chi connectivity index (χ4v) is 7.85. The molecule has 0 N–H and O–H groups in total. The predicted octanol–water partition coefficient (Wildman–Crippen LogP) is 12.0. The van der Waals surface area contributed by atoms with Crippen LogP contribution in [0.15, 0.2) is 157 Å². The van der Waals surface area contributed by atoms with E-state index in [1.807, 2.05) is 11.8 Å². The van der Waals surface area contributed by atoms with E-state index >= 15 is 0 Å². The van der Waals surface area contributed by atoms with E-state index in [2.05, 4.69) is 184 Å². The summed E-state index contributed by atoms with van der Waals surface area (Å²) in [7, 11) is 0. The number of fused-ring (bicyclic) bond motifs is 2. The van der Waals surface area contributed by atoms with Crippen molar-refractivity contribution < 1.29 is 4.74 Å². The Kier molecular flexibility index (Phi) is 9.86. The Morgan fingerprint density at radius 3 is 1.71 bits per heavy atom. The zero-order chi connectivity index (χ0) is 32.9. The number of rotatable bonds is 11. The molecule has 0 spiro atoms. The number of thiol groups is 2. The minimum absolute atomic E-state index is 0.451. The molecule has 7 aromatic carbocycles. The number of benzene rings is 7. The van der Waals surface area contributed by atoms with Gasteiger partial charge in [-0.25, -0.2) is 0 Å². The molecule has 1 unspecified atom stereocenters. The van der Waals surface area contributed by atoms with Crippen molar-refractivity contribution in [1.29, 1.82) is 0 Å². The topological polar surface area (TPSA) is 9.23 Å². The van der Waals surface area contributed by atoms with Crippen LogP contribution in [0.4, 0.5) is 0 Å². The van der Waals surface area contributed by atoms with Gasteiger partial charge in [0.25, 0.3) is 0 Å². The normalized spacial score (nSPS) is 12.6. The summed E-state index contributed by atoms with van der Waals surface area (Å²) in [4.78, 5) is 1.27. The molecule has 4 heteroatoms. The van der Waals surface area contributed by atoms with Crippen LogP contribution in [0.3, 0.4) is 0 Å². The molecule has 0 aliphatic heterocycles.